The summed E-state index contributed by atoms with van der Waals surface area (Å²) in [5.74, 6) is 1.18. The Bertz CT molecular complexity index is 339. The molecule has 108 valence electrons. The summed E-state index contributed by atoms with van der Waals surface area (Å²) < 4.78 is 0. The van der Waals surface area contributed by atoms with Crippen LogP contribution in [0, 0.1) is 11.8 Å². The van der Waals surface area contributed by atoms with Crippen molar-refractivity contribution in [1.82, 2.24) is 10.2 Å². The van der Waals surface area contributed by atoms with Gasteiger partial charge in [0.1, 0.15) is 0 Å². The molecule has 3 rings (SSSR count). The van der Waals surface area contributed by atoms with E-state index in [4.69, 9.17) is 0 Å². The average molecular weight is 266 g/mol. The minimum atomic E-state index is -0.140. The molecule has 1 amide bonds. The summed E-state index contributed by atoms with van der Waals surface area (Å²) in [5, 5.41) is 13.8. The quantitative estimate of drug-likeness (QED) is 0.784. The highest BCUT2D eigenvalue weighted by Gasteiger charge is 2.36. The minimum Gasteiger partial charge on any atom is -0.393 e. The van der Waals surface area contributed by atoms with Crippen molar-refractivity contribution in [2.75, 3.05) is 13.1 Å². The van der Waals surface area contributed by atoms with E-state index in [0.29, 0.717) is 23.9 Å². The van der Waals surface area contributed by atoms with Crippen molar-refractivity contribution in [3.05, 3.63) is 0 Å². The van der Waals surface area contributed by atoms with Crippen molar-refractivity contribution in [3.63, 3.8) is 0 Å². The number of carbonyl (C=O) groups excluding carboxylic acids is 1. The number of rotatable bonds is 5. The fourth-order valence-electron chi connectivity index (χ4n) is 3.35. The number of nitrogens with zero attached hydrogens (tertiary/aromatic N) is 1. The summed E-state index contributed by atoms with van der Waals surface area (Å²) in [7, 11) is 0. The van der Waals surface area contributed by atoms with Crippen molar-refractivity contribution in [3.8, 4) is 0 Å². The van der Waals surface area contributed by atoms with Crippen LogP contribution in [0.25, 0.3) is 0 Å². The molecule has 4 nitrogen and oxygen atoms in total. The van der Waals surface area contributed by atoms with E-state index in [1.165, 1.54) is 25.7 Å². The first-order valence-electron chi connectivity index (χ1n) is 7.81. The lowest BCUT2D eigenvalue weighted by atomic mass is 9.88. The second-order valence-electron chi connectivity index (χ2n) is 6.80. The zero-order chi connectivity index (χ0) is 13.4. The first-order chi connectivity index (χ1) is 9.11. The molecule has 3 unspecified atom stereocenters. The number of amides is 1. The molecule has 4 heteroatoms. The lowest BCUT2D eigenvalue weighted by Gasteiger charge is -2.38. The van der Waals surface area contributed by atoms with Gasteiger partial charge in [0.15, 0.2) is 0 Å². The third kappa shape index (κ3) is 3.69. The maximum Gasteiger partial charge on any atom is 0.219 e. The van der Waals surface area contributed by atoms with Gasteiger partial charge in [-0.25, -0.2) is 0 Å². The van der Waals surface area contributed by atoms with E-state index in [9.17, 15) is 9.90 Å². The molecule has 0 aromatic heterocycles. The largest absolute Gasteiger partial charge is 0.393 e. The average Bonchev–Trinajstić information content (AvgIpc) is 3.22. The number of hydrogen-bond donors (Lipinski definition) is 2. The summed E-state index contributed by atoms with van der Waals surface area (Å²) in [6.07, 6.45) is 6.79. The monoisotopic (exact) mass is 266 g/mol. The van der Waals surface area contributed by atoms with Gasteiger partial charge < -0.3 is 15.3 Å². The maximum atomic E-state index is 11.7. The van der Waals surface area contributed by atoms with Crippen molar-refractivity contribution in [2.24, 2.45) is 11.8 Å². The number of aliphatic hydroxyl groups excluding tert-OH is 1. The van der Waals surface area contributed by atoms with Crippen LogP contribution in [0.4, 0.5) is 0 Å². The maximum absolute atomic E-state index is 11.7. The number of aliphatic hydroxyl groups is 1. The molecule has 2 aliphatic carbocycles. The molecule has 19 heavy (non-hydrogen) atoms. The van der Waals surface area contributed by atoms with Crippen molar-refractivity contribution in [2.45, 2.75) is 63.6 Å². The molecule has 3 aliphatic rings. The highest BCUT2D eigenvalue weighted by Crippen LogP contribution is 2.36. The molecule has 1 aliphatic heterocycles. The van der Waals surface area contributed by atoms with E-state index in [-0.39, 0.29) is 12.0 Å². The van der Waals surface area contributed by atoms with Crippen LogP contribution >= 0.6 is 0 Å². The first kappa shape index (κ1) is 13.4. The van der Waals surface area contributed by atoms with Crippen molar-refractivity contribution in [1.29, 1.82) is 0 Å². The topological polar surface area (TPSA) is 52.6 Å². The third-order valence-electron chi connectivity index (χ3n) is 4.77. The van der Waals surface area contributed by atoms with Gasteiger partial charge in [-0.15, -0.1) is 0 Å². The van der Waals surface area contributed by atoms with Gasteiger partial charge in [0.25, 0.3) is 0 Å². The Morgan fingerprint density at radius 3 is 2.58 bits per heavy atom. The second-order valence-corrected chi connectivity index (χ2v) is 6.80. The van der Waals surface area contributed by atoms with E-state index >= 15 is 0 Å². The Labute approximate surface area is 115 Å². The predicted octanol–water partition coefficient (Wildman–Crippen LogP) is 1.14. The molecule has 2 N–H and O–H groups in total. The molecule has 3 atom stereocenters. The molecule has 0 aromatic rings. The van der Waals surface area contributed by atoms with Crippen LogP contribution in [0.1, 0.15) is 45.4 Å². The zero-order valence-corrected chi connectivity index (χ0v) is 11.8. The molecule has 0 bridgehead atoms. The van der Waals surface area contributed by atoms with E-state index in [0.717, 1.165) is 25.9 Å². The second kappa shape index (κ2) is 5.41. The Morgan fingerprint density at radius 2 is 2.00 bits per heavy atom. The van der Waals surface area contributed by atoms with Crippen LogP contribution in [0.3, 0.4) is 0 Å². The molecular weight excluding hydrogens is 240 g/mol. The summed E-state index contributed by atoms with van der Waals surface area (Å²) in [6, 6.07) is 1.12. The fourth-order valence-corrected chi connectivity index (χ4v) is 3.35. The zero-order valence-electron chi connectivity index (χ0n) is 11.8. The van der Waals surface area contributed by atoms with E-state index in [2.05, 4.69) is 5.32 Å². The van der Waals surface area contributed by atoms with Gasteiger partial charge in [0.05, 0.1) is 6.10 Å². The summed E-state index contributed by atoms with van der Waals surface area (Å²) in [6.45, 7) is 3.34. The van der Waals surface area contributed by atoms with Gasteiger partial charge in [0.2, 0.25) is 5.91 Å². The smallest absolute Gasteiger partial charge is 0.219 e. The van der Waals surface area contributed by atoms with Crippen LogP contribution < -0.4 is 5.32 Å². The Balaban J connectivity index is 1.55. The number of hydrogen-bond acceptors (Lipinski definition) is 3. The van der Waals surface area contributed by atoms with E-state index < -0.39 is 0 Å². The lowest BCUT2D eigenvalue weighted by Crippen LogP contribution is -2.51. The van der Waals surface area contributed by atoms with Crippen LogP contribution in [0.5, 0.6) is 0 Å². The molecule has 1 heterocycles. The number of carbonyl (C=O) groups is 1. The van der Waals surface area contributed by atoms with Crippen LogP contribution in [-0.2, 0) is 4.79 Å². The SMILES string of the molecule is CC(=O)N1CC(CC(O)C2CC2)CC(NC2CC2)C1. The molecule has 0 spiro atoms. The van der Waals surface area contributed by atoms with E-state index in [1.54, 1.807) is 6.92 Å². The van der Waals surface area contributed by atoms with E-state index in [1.807, 2.05) is 4.90 Å². The summed E-state index contributed by atoms with van der Waals surface area (Å²) >= 11 is 0. The molecular formula is C15H26N2O2. The molecule has 1 saturated heterocycles. The summed E-state index contributed by atoms with van der Waals surface area (Å²) in [4.78, 5) is 13.6. The van der Waals surface area contributed by atoms with Gasteiger partial charge in [-0.05, 0) is 50.4 Å². The van der Waals surface area contributed by atoms with Gasteiger partial charge >= 0.3 is 0 Å². The number of likely N-dealkylation sites (tertiary alicyclic amines) is 1. The minimum absolute atomic E-state index is 0.140. The highest BCUT2D eigenvalue weighted by atomic mass is 16.3. The van der Waals surface area contributed by atoms with Crippen LogP contribution in [-0.4, -0.2) is 47.2 Å². The van der Waals surface area contributed by atoms with Crippen LogP contribution in [0.15, 0.2) is 0 Å². The molecule has 0 radical (unpaired) electrons. The Hall–Kier alpha value is -0.610. The fraction of sp³-hybridized carbons (Fsp3) is 0.933. The standard InChI is InChI=1S/C15H26N2O2/c1-10(18)17-8-11(7-15(19)12-2-3-12)6-14(9-17)16-13-4-5-13/h11-16,19H,2-9H2,1H3. The van der Waals surface area contributed by atoms with Crippen LogP contribution in [0.2, 0.25) is 0 Å². The van der Waals surface area contributed by atoms with Gasteiger partial charge in [-0.3, -0.25) is 4.79 Å². The molecule has 3 fully saturated rings. The van der Waals surface area contributed by atoms with Crippen molar-refractivity contribution < 1.29 is 9.90 Å². The predicted molar refractivity (Wildman–Crippen MR) is 73.7 cm³/mol. The first-order valence-corrected chi connectivity index (χ1v) is 7.81. The third-order valence-corrected chi connectivity index (χ3v) is 4.77. The Kier molecular flexibility index (Phi) is 3.81. The molecule has 0 aromatic carbocycles. The summed E-state index contributed by atoms with van der Waals surface area (Å²) in [5.41, 5.74) is 0. The van der Waals surface area contributed by atoms with Gasteiger partial charge in [-0.2, -0.15) is 0 Å². The Morgan fingerprint density at radius 1 is 1.26 bits per heavy atom. The highest BCUT2D eigenvalue weighted by molar-refractivity contribution is 5.73. The molecule has 2 saturated carbocycles. The van der Waals surface area contributed by atoms with Gasteiger partial charge in [0, 0.05) is 32.1 Å². The number of piperidine rings is 1. The lowest BCUT2D eigenvalue weighted by molar-refractivity contribution is -0.131. The normalized spacial score (nSPS) is 33.3. The number of nitrogens with one attached hydrogen (secondary N) is 1. The van der Waals surface area contributed by atoms with Gasteiger partial charge in [-0.1, -0.05) is 0 Å². The van der Waals surface area contributed by atoms with Crippen molar-refractivity contribution >= 4 is 5.91 Å².